The van der Waals surface area contributed by atoms with Crippen molar-refractivity contribution in [1.29, 1.82) is 0 Å². The van der Waals surface area contributed by atoms with Gasteiger partial charge in [0.05, 0.1) is 12.2 Å². The zero-order valence-electron chi connectivity index (χ0n) is 9.21. The van der Waals surface area contributed by atoms with Crippen molar-refractivity contribution >= 4 is 23.4 Å². The highest BCUT2D eigenvalue weighted by Crippen LogP contribution is 2.18. The molecule has 6 nitrogen and oxygen atoms in total. The maximum absolute atomic E-state index is 11.6. The normalized spacial score (nSPS) is 12.1. The first kappa shape index (κ1) is 11.6. The van der Waals surface area contributed by atoms with Crippen LogP contribution in [-0.4, -0.2) is 16.0 Å². The monoisotopic (exact) mass is 252 g/mol. The van der Waals surface area contributed by atoms with E-state index >= 15 is 0 Å². The van der Waals surface area contributed by atoms with Crippen molar-refractivity contribution in [3.63, 3.8) is 0 Å². The molecule has 17 heavy (non-hydrogen) atoms. The lowest BCUT2D eigenvalue weighted by molar-refractivity contribution is 0.247. The third-order valence-electron chi connectivity index (χ3n) is 2.12. The number of nitrogens with zero attached hydrogens (tertiary/aromatic N) is 2. The van der Waals surface area contributed by atoms with Crippen molar-refractivity contribution < 1.29 is 9.21 Å². The second-order valence-corrected chi connectivity index (χ2v) is 4.19. The van der Waals surface area contributed by atoms with E-state index in [1.807, 2.05) is 12.3 Å². The number of oxazole rings is 1. The van der Waals surface area contributed by atoms with Crippen molar-refractivity contribution in [2.45, 2.75) is 19.4 Å². The lowest BCUT2D eigenvalue weighted by atomic mass is 10.2. The molecular formula is C10H12N4O2S. The zero-order chi connectivity index (χ0) is 12.1. The van der Waals surface area contributed by atoms with E-state index in [1.165, 1.54) is 23.8 Å². The summed E-state index contributed by atoms with van der Waals surface area (Å²) in [5.41, 5.74) is 0. The highest BCUT2D eigenvalue weighted by atomic mass is 32.1. The fourth-order valence-corrected chi connectivity index (χ4v) is 2.09. The average molecular weight is 252 g/mol. The molecule has 0 aromatic carbocycles. The van der Waals surface area contributed by atoms with Crippen LogP contribution in [0.3, 0.4) is 0 Å². The lowest BCUT2D eigenvalue weighted by Crippen LogP contribution is -2.32. The van der Waals surface area contributed by atoms with Crippen LogP contribution in [0, 0.1) is 0 Å². The van der Waals surface area contributed by atoms with Gasteiger partial charge in [-0.15, -0.1) is 11.3 Å². The molecule has 0 saturated carbocycles. The molecule has 0 radical (unpaired) electrons. The predicted octanol–water partition coefficient (Wildman–Crippen LogP) is 2.40. The van der Waals surface area contributed by atoms with Crippen LogP contribution < -0.4 is 10.6 Å². The van der Waals surface area contributed by atoms with Gasteiger partial charge in [-0.3, -0.25) is 5.32 Å². The topological polar surface area (TPSA) is 80.0 Å². The van der Waals surface area contributed by atoms with Gasteiger partial charge in [-0.1, -0.05) is 6.92 Å². The van der Waals surface area contributed by atoms with Gasteiger partial charge in [-0.05, 0) is 6.42 Å². The number of hydrogen-bond acceptors (Lipinski definition) is 5. The Balaban J connectivity index is 1.93. The molecule has 0 aliphatic heterocycles. The van der Waals surface area contributed by atoms with Crippen LogP contribution >= 0.6 is 11.3 Å². The van der Waals surface area contributed by atoms with Crippen LogP contribution in [0.2, 0.25) is 0 Å². The van der Waals surface area contributed by atoms with Crippen LogP contribution in [-0.2, 0) is 0 Å². The first-order valence-electron chi connectivity index (χ1n) is 5.16. The first-order chi connectivity index (χ1) is 8.29. The van der Waals surface area contributed by atoms with Gasteiger partial charge < -0.3 is 9.73 Å². The number of aromatic nitrogens is 2. The first-order valence-corrected chi connectivity index (χ1v) is 6.04. The summed E-state index contributed by atoms with van der Waals surface area (Å²) in [6, 6.07) is -0.268. The molecule has 0 aliphatic carbocycles. The summed E-state index contributed by atoms with van der Waals surface area (Å²) in [4.78, 5) is 19.6. The van der Waals surface area contributed by atoms with E-state index < -0.39 is 0 Å². The molecule has 0 unspecified atom stereocenters. The van der Waals surface area contributed by atoms with E-state index in [0.717, 1.165) is 11.4 Å². The van der Waals surface area contributed by atoms with Crippen LogP contribution in [0.1, 0.15) is 24.4 Å². The molecule has 0 aliphatic rings. The summed E-state index contributed by atoms with van der Waals surface area (Å²) in [6.45, 7) is 1.98. The Bertz CT molecular complexity index is 455. The fourth-order valence-electron chi connectivity index (χ4n) is 1.32. The Labute approximate surface area is 102 Å². The third kappa shape index (κ3) is 3.04. The Morgan fingerprint density at radius 1 is 1.53 bits per heavy atom. The lowest BCUT2D eigenvalue weighted by Gasteiger charge is -2.13. The van der Waals surface area contributed by atoms with E-state index in [2.05, 4.69) is 20.6 Å². The van der Waals surface area contributed by atoms with Gasteiger partial charge in [0.15, 0.2) is 0 Å². The molecule has 2 aromatic heterocycles. The van der Waals surface area contributed by atoms with Crippen LogP contribution in [0.4, 0.5) is 10.8 Å². The Morgan fingerprint density at radius 3 is 3.00 bits per heavy atom. The van der Waals surface area contributed by atoms with E-state index in [1.54, 1.807) is 6.20 Å². The van der Waals surface area contributed by atoms with Crippen molar-refractivity contribution in [2.24, 2.45) is 0 Å². The van der Waals surface area contributed by atoms with Gasteiger partial charge in [0.25, 0.3) is 0 Å². The van der Waals surface area contributed by atoms with Crippen molar-refractivity contribution in [2.75, 3.05) is 5.32 Å². The minimum Gasteiger partial charge on any atom is -0.432 e. The third-order valence-corrected chi connectivity index (χ3v) is 3.01. The maximum atomic E-state index is 11.6. The van der Waals surface area contributed by atoms with E-state index in [9.17, 15) is 4.79 Å². The standard InChI is InChI=1S/C10H12N4O2S/c1-2-7(8-11-4-6-17-8)13-9(15)14-10-12-3-5-16-10/h3-7H,2H2,1H3,(H2,12,13,14,15)/t7-/m0/s1. The largest absolute Gasteiger partial charge is 0.432 e. The zero-order valence-corrected chi connectivity index (χ0v) is 10.0. The predicted molar refractivity (Wildman–Crippen MR) is 63.8 cm³/mol. The molecule has 0 spiro atoms. The number of carbonyl (C=O) groups is 1. The smallest absolute Gasteiger partial charge is 0.323 e. The highest BCUT2D eigenvalue weighted by Gasteiger charge is 2.15. The minimum absolute atomic E-state index is 0.0926. The molecular weight excluding hydrogens is 240 g/mol. The maximum Gasteiger partial charge on any atom is 0.323 e. The minimum atomic E-state index is -0.352. The van der Waals surface area contributed by atoms with Crippen molar-refractivity contribution in [3.8, 4) is 0 Å². The van der Waals surface area contributed by atoms with Crippen LogP contribution in [0.5, 0.6) is 0 Å². The number of carbonyl (C=O) groups excluding carboxylic acids is 1. The molecule has 0 fully saturated rings. The van der Waals surface area contributed by atoms with Crippen LogP contribution in [0.15, 0.2) is 28.5 Å². The number of hydrogen-bond donors (Lipinski definition) is 2. The Hall–Kier alpha value is -1.89. The van der Waals surface area contributed by atoms with E-state index in [4.69, 9.17) is 4.42 Å². The summed E-state index contributed by atoms with van der Waals surface area (Å²) in [5.74, 6) is 0. The molecule has 2 aromatic rings. The van der Waals surface area contributed by atoms with Gasteiger partial charge in [0, 0.05) is 11.6 Å². The molecule has 2 amide bonds. The van der Waals surface area contributed by atoms with Crippen molar-refractivity contribution in [3.05, 3.63) is 29.0 Å². The van der Waals surface area contributed by atoms with Crippen molar-refractivity contribution in [1.82, 2.24) is 15.3 Å². The second-order valence-electron chi connectivity index (χ2n) is 3.27. The van der Waals surface area contributed by atoms with Gasteiger partial charge >= 0.3 is 12.0 Å². The summed E-state index contributed by atoms with van der Waals surface area (Å²) in [6.07, 6.45) is 5.35. The number of urea groups is 1. The molecule has 2 rings (SSSR count). The Kier molecular flexibility index (Phi) is 3.71. The molecule has 0 bridgehead atoms. The van der Waals surface area contributed by atoms with Gasteiger partial charge in [0.1, 0.15) is 11.3 Å². The molecule has 0 saturated heterocycles. The average Bonchev–Trinajstić information content (AvgIpc) is 2.97. The molecule has 2 heterocycles. The molecule has 90 valence electrons. The van der Waals surface area contributed by atoms with E-state index in [-0.39, 0.29) is 18.1 Å². The summed E-state index contributed by atoms with van der Waals surface area (Å²) in [7, 11) is 0. The highest BCUT2D eigenvalue weighted by molar-refractivity contribution is 7.09. The summed E-state index contributed by atoms with van der Waals surface area (Å²) < 4.78 is 4.91. The van der Waals surface area contributed by atoms with Gasteiger partial charge in [-0.2, -0.15) is 0 Å². The number of amides is 2. The van der Waals surface area contributed by atoms with Gasteiger partial charge in [-0.25, -0.2) is 14.8 Å². The quantitative estimate of drug-likeness (QED) is 0.875. The number of thiazole rings is 1. The summed E-state index contributed by atoms with van der Waals surface area (Å²) >= 11 is 1.51. The van der Waals surface area contributed by atoms with E-state index in [0.29, 0.717) is 0 Å². The molecule has 1 atom stereocenters. The SMILES string of the molecule is CC[C@H](NC(=O)Nc1ncco1)c1nccs1. The Morgan fingerprint density at radius 2 is 2.41 bits per heavy atom. The van der Waals surface area contributed by atoms with Crippen LogP contribution in [0.25, 0.3) is 0 Å². The summed E-state index contributed by atoms with van der Waals surface area (Å²) in [5, 5.41) is 8.07. The number of anilines is 1. The molecule has 7 heteroatoms. The van der Waals surface area contributed by atoms with Gasteiger partial charge in [0.2, 0.25) is 0 Å². The number of nitrogens with one attached hydrogen (secondary N) is 2. The fraction of sp³-hybridized carbons (Fsp3) is 0.300. The number of rotatable bonds is 4. The second kappa shape index (κ2) is 5.44. The molecule has 2 N–H and O–H groups in total.